The van der Waals surface area contributed by atoms with E-state index in [4.69, 9.17) is 30.4 Å². The molecule has 3 aliphatic rings. The third kappa shape index (κ3) is 3.95. The summed E-state index contributed by atoms with van der Waals surface area (Å²) < 4.78 is 24.5. The first kappa shape index (κ1) is 22.7. The molecule has 2 saturated heterocycles. The van der Waals surface area contributed by atoms with Crippen molar-refractivity contribution in [3.63, 3.8) is 0 Å². The minimum atomic E-state index is -0.517. The van der Waals surface area contributed by atoms with Gasteiger partial charge in [0, 0.05) is 6.42 Å². The number of amides is 1. The van der Waals surface area contributed by atoms with E-state index in [2.05, 4.69) is 0 Å². The maximum atomic E-state index is 12.7. The fourth-order valence-corrected chi connectivity index (χ4v) is 5.29. The van der Waals surface area contributed by atoms with Crippen molar-refractivity contribution >= 4 is 53.1 Å². The molecule has 1 aromatic carbocycles. The van der Waals surface area contributed by atoms with E-state index in [1.165, 1.54) is 11.3 Å². The number of carbonyl (C=O) groups is 2. The number of anilines is 1. The number of halogens is 1. The van der Waals surface area contributed by atoms with E-state index >= 15 is 0 Å². The molecule has 0 bridgehead atoms. The Morgan fingerprint density at radius 3 is 2.58 bits per heavy atom. The molecule has 4 heterocycles. The van der Waals surface area contributed by atoms with Gasteiger partial charge in [-0.05, 0) is 63.8 Å². The van der Waals surface area contributed by atoms with Crippen molar-refractivity contribution in [2.75, 3.05) is 11.5 Å². The molecule has 0 unspecified atom stereocenters. The quantitative estimate of drug-likeness (QED) is 0.456. The number of fused-ring (bicyclic) bond motifs is 3. The normalized spacial score (nSPS) is 24.8. The Bertz CT molecular complexity index is 1100. The van der Waals surface area contributed by atoms with Crippen molar-refractivity contribution in [1.82, 2.24) is 0 Å². The fraction of sp³-hybridized carbons (Fsp3) is 0.478. The Labute approximate surface area is 202 Å². The first-order chi connectivity index (χ1) is 15.6. The number of hydrogen-bond donors (Lipinski definition) is 0. The lowest BCUT2D eigenvalue weighted by Gasteiger charge is -2.32. The SMILES string of the molecule is CC1(C)OB(c2ccc3c(c2)OC[C@H]2[C@H](CCC(=O)c4ccc(Cl)s4)OC(=O)N32)OC1(C)C. The van der Waals surface area contributed by atoms with Gasteiger partial charge in [0.05, 0.1) is 26.1 Å². The molecule has 7 nitrogen and oxygen atoms in total. The van der Waals surface area contributed by atoms with Crippen LogP contribution in [0.3, 0.4) is 0 Å². The van der Waals surface area contributed by atoms with Gasteiger partial charge in [-0.1, -0.05) is 17.7 Å². The smallest absolute Gasteiger partial charge is 0.489 e. The molecule has 33 heavy (non-hydrogen) atoms. The van der Waals surface area contributed by atoms with Gasteiger partial charge < -0.3 is 18.8 Å². The van der Waals surface area contributed by atoms with Crippen molar-refractivity contribution < 1.29 is 28.4 Å². The Kier molecular flexibility index (Phi) is 5.51. The molecule has 10 heteroatoms. The van der Waals surface area contributed by atoms with Crippen LogP contribution in [0.25, 0.3) is 0 Å². The fourth-order valence-electron chi connectivity index (χ4n) is 4.28. The highest BCUT2D eigenvalue weighted by molar-refractivity contribution is 7.18. The number of thiophene rings is 1. The maximum Gasteiger partial charge on any atom is 0.494 e. The number of nitrogens with zero attached hydrogens (tertiary/aromatic N) is 1. The average Bonchev–Trinajstić information content (AvgIpc) is 3.39. The van der Waals surface area contributed by atoms with E-state index in [0.29, 0.717) is 27.1 Å². The van der Waals surface area contributed by atoms with Crippen molar-refractivity contribution in [2.24, 2.45) is 0 Å². The largest absolute Gasteiger partial charge is 0.494 e. The average molecular weight is 490 g/mol. The molecule has 0 aliphatic carbocycles. The molecular weight excluding hydrogens is 465 g/mol. The summed E-state index contributed by atoms with van der Waals surface area (Å²) in [6, 6.07) is 8.73. The van der Waals surface area contributed by atoms with Crippen molar-refractivity contribution in [1.29, 1.82) is 0 Å². The van der Waals surface area contributed by atoms with Crippen molar-refractivity contribution in [3.05, 3.63) is 39.5 Å². The lowest BCUT2D eigenvalue weighted by atomic mass is 9.78. The molecule has 2 atom stereocenters. The van der Waals surface area contributed by atoms with Crippen LogP contribution in [-0.2, 0) is 14.0 Å². The molecule has 2 fully saturated rings. The van der Waals surface area contributed by atoms with E-state index in [1.807, 2.05) is 45.9 Å². The van der Waals surface area contributed by atoms with Crippen molar-refractivity contribution in [2.45, 2.75) is 63.9 Å². The van der Waals surface area contributed by atoms with Crippen molar-refractivity contribution in [3.8, 4) is 5.75 Å². The molecule has 5 rings (SSSR count). The van der Waals surface area contributed by atoms with Gasteiger partial charge in [-0.15, -0.1) is 11.3 Å². The Morgan fingerprint density at radius 1 is 1.18 bits per heavy atom. The first-order valence-corrected chi connectivity index (χ1v) is 12.2. The van der Waals surface area contributed by atoms with Crippen LogP contribution in [0.5, 0.6) is 5.75 Å². The summed E-state index contributed by atoms with van der Waals surface area (Å²) >= 11 is 7.18. The van der Waals surface area contributed by atoms with E-state index in [1.54, 1.807) is 17.0 Å². The number of cyclic esters (lactones) is 1. The van der Waals surface area contributed by atoms with Gasteiger partial charge in [-0.2, -0.15) is 0 Å². The van der Waals surface area contributed by atoms with Gasteiger partial charge in [-0.25, -0.2) is 4.79 Å². The second kappa shape index (κ2) is 8.01. The number of hydrogen-bond acceptors (Lipinski definition) is 7. The summed E-state index contributed by atoms with van der Waals surface area (Å²) in [7, 11) is -0.517. The van der Waals surface area contributed by atoms with Gasteiger partial charge in [0.25, 0.3) is 0 Å². The van der Waals surface area contributed by atoms with Crippen LogP contribution >= 0.6 is 22.9 Å². The zero-order valence-electron chi connectivity index (χ0n) is 18.9. The molecule has 3 aliphatic heterocycles. The predicted octanol–water partition coefficient (Wildman–Crippen LogP) is 4.45. The van der Waals surface area contributed by atoms with E-state index in [0.717, 1.165) is 5.46 Å². The van der Waals surface area contributed by atoms with Crippen LogP contribution in [0.15, 0.2) is 30.3 Å². The van der Waals surface area contributed by atoms with Crippen LogP contribution in [0, 0.1) is 0 Å². The summed E-state index contributed by atoms with van der Waals surface area (Å²) in [6.07, 6.45) is -0.156. The van der Waals surface area contributed by atoms with Crippen LogP contribution in [0.1, 0.15) is 50.2 Å². The van der Waals surface area contributed by atoms with Crippen LogP contribution < -0.4 is 15.1 Å². The van der Waals surface area contributed by atoms with Gasteiger partial charge in [-0.3, -0.25) is 9.69 Å². The minimum Gasteiger partial charge on any atom is -0.489 e. The zero-order valence-corrected chi connectivity index (χ0v) is 20.5. The highest BCUT2D eigenvalue weighted by Crippen LogP contribution is 2.41. The topological polar surface area (TPSA) is 74.3 Å². The molecule has 1 aromatic heterocycles. The number of Topliss-reactive ketones (excluding diaryl/α,β-unsaturated/α-hetero) is 1. The highest BCUT2D eigenvalue weighted by atomic mass is 35.5. The Hall–Kier alpha value is -2.07. The summed E-state index contributed by atoms with van der Waals surface area (Å²) in [5.74, 6) is 0.575. The lowest BCUT2D eigenvalue weighted by molar-refractivity contribution is 0.00578. The first-order valence-electron chi connectivity index (χ1n) is 11.0. The monoisotopic (exact) mass is 489 g/mol. The number of ketones is 1. The number of benzene rings is 1. The summed E-state index contributed by atoms with van der Waals surface area (Å²) in [4.78, 5) is 27.4. The third-order valence-electron chi connectivity index (χ3n) is 6.89. The van der Waals surface area contributed by atoms with E-state index in [9.17, 15) is 9.59 Å². The zero-order chi connectivity index (χ0) is 23.5. The van der Waals surface area contributed by atoms with E-state index in [-0.39, 0.29) is 24.9 Å². The molecule has 0 radical (unpaired) electrons. The second-order valence-corrected chi connectivity index (χ2v) is 11.3. The third-order valence-corrected chi connectivity index (χ3v) is 8.16. The Morgan fingerprint density at radius 2 is 1.91 bits per heavy atom. The highest BCUT2D eigenvalue weighted by Gasteiger charge is 2.52. The molecule has 0 N–H and O–H groups in total. The Balaban J connectivity index is 1.30. The summed E-state index contributed by atoms with van der Waals surface area (Å²) in [5, 5.41) is 0. The molecule has 1 amide bonds. The molecular formula is C23H25BClNO6S. The number of ether oxygens (including phenoxy) is 2. The molecule has 2 aromatic rings. The van der Waals surface area contributed by atoms with Gasteiger partial charge in [0.15, 0.2) is 5.78 Å². The molecule has 0 saturated carbocycles. The predicted molar refractivity (Wildman–Crippen MR) is 127 cm³/mol. The van der Waals surface area contributed by atoms with Crippen LogP contribution in [0.4, 0.5) is 10.5 Å². The van der Waals surface area contributed by atoms with Crippen LogP contribution in [0.2, 0.25) is 4.34 Å². The maximum absolute atomic E-state index is 12.7. The summed E-state index contributed by atoms with van der Waals surface area (Å²) in [6.45, 7) is 8.31. The molecule has 174 valence electrons. The lowest BCUT2D eigenvalue weighted by Crippen LogP contribution is -2.45. The van der Waals surface area contributed by atoms with Gasteiger partial charge >= 0.3 is 13.2 Å². The minimum absolute atomic E-state index is 0.00872. The molecule has 0 spiro atoms. The second-order valence-electron chi connectivity index (χ2n) is 9.55. The standard InChI is InChI=1S/C23H25BClNO6S/c1-22(2)23(3,4)32-24(31-22)13-5-6-14-18(11-13)29-12-15-17(30-21(28)26(14)15)8-7-16(27)19-9-10-20(25)33-19/h5-6,9-11,15,17H,7-8,12H2,1-4H3/t15-,17-/m0/s1. The number of rotatable bonds is 5. The van der Waals surface area contributed by atoms with Gasteiger partial charge in [0.2, 0.25) is 0 Å². The van der Waals surface area contributed by atoms with Crippen LogP contribution in [-0.4, -0.2) is 48.9 Å². The summed E-state index contributed by atoms with van der Waals surface area (Å²) in [5.41, 5.74) is 0.583. The van der Waals surface area contributed by atoms with E-state index < -0.39 is 30.5 Å². The van der Waals surface area contributed by atoms with Gasteiger partial charge in [0.1, 0.15) is 24.5 Å². The number of carbonyl (C=O) groups excluding carboxylic acids is 2.